The fourth-order valence-corrected chi connectivity index (χ4v) is 3.86. The van der Waals surface area contributed by atoms with Crippen LogP contribution in [-0.4, -0.2) is 25.3 Å². The van der Waals surface area contributed by atoms with Crippen molar-refractivity contribution in [2.75, 3.05) is 5.32 Å². The summed E-state index contributed by atoms with van der Waals surface area (Å²) in [7, 11) is -2.52. The standard InChI is InChI=1S/C16H12ClN3O4S2/c17-11-4-2-1-3-10(11)14(21)19-15(22)20-16-18-12-6-5-9(8-26(23)24)7-13(12)25-16/h1-7,26H,8H2,(H2,18,19,20,21,22). The number of anilines is 1. The molecule has 0 aliphatic heterocycles. The molecule has 3 amide bonds. The largest absolute Gasteiger partial charge is 0.327 e. The molecular formula is C16H12ClN3O4S2. The SMILES string of the molecule is O=C(NC(=O)c1ccccc1Cl)Nc1nc2ccc(C[SH](=O)=O)cc2s1. The van der Waals surface area contributed by atoms with E-state index in [1.54, 1.807) is 36.4 Å². The number of nitrogens with zero attached hydrogens (tertiary/aromatic N) is 1. The number of rotatable bonds is 4. The number of nitrogens with one attached hydrogen (secondary N) is 2. The van der Waals surface area contributed by atoms with Crippen molar-refractivity contribution < 1.29 is 18.0 Å². The van der Waals surface area contributed by atoms with Gasteiger partial charge in [0.25, 0.3) is 5.91 Å². The van der Waals surface area contributed by atoms with E-state index in [-0.39, 0.29) is 21.5 Å². The second kappa shape index (κ2) is 7.81. The molecule has 0 unspecified atom stereocenters. The Hall–Kier alpha value is -2.49. The first kappa shape index (κ1) is 18.3. The molecule has 1 aromatic heterocycles. The lowest BCUT2D eigenvalue weighted by Gasteiger charge is -2.05. The maximum Gasteiger partial charge on any atom is 0.327 e. The number of fused-ring (bicyclic) bond motifs is 1. The number of halogens is 1. The molecule has 2 aromatic carbocycles. The Morgan fingerprint density at radius 1 is 1.15 bits per heavy atom. The van der Waals surface area contributed by atoms with Crippen molar-refractivity contribution in [1.82, 2.24) is 10.3 Å². The molecule has 0 atom stereocenters. The number of amides is 3. The third-order valence-electron chi connectivity index (χ3n) is 3.33. The van der Waals surface area contributed by atoms with Gasteiger partial charge in [-0.2, -0.15) is 0 Å². The highest BCUT2D eigenvalue weighted by atomic mass is 35.5. The van der Waals surface area contributed by atoms with Gasteiger partial charge < -0.3 is 0 Å². The van der Waals surface area contributed by atoms with Crippen LogP contribution in [0.1, 0.15) is 15.9 Å². The number of carbonyl (C=O) groups is 2. The van der Waals surface area contributed by atoms with Gasteiger partial charge in [0.05, 0.1) is 26.6 Å². The molecule has 7 nitrogen and oxygen atoms in total. The van der Waals surface area contributed by atoms with E-state index in [1.165, 1.54) is 17.4 Å². The second-order valence-electron chi connectivity index (χ2n) is 5.20. The highest BCUT2D eigenvalue weighted by Crippen LogP contribution is 2.27. The van der Waals surface area contributed by atoms with Crippen molar-refractivity contribution in [3.8, 4) is 0 Å². The minimum atomic E-state index is -2.52. The summed E-state index contributed by atoms with van der Waals surface area (Å²) < 4.78 is 22.4. The summed E-state index contributed by atoms with van der Waals surface area (Å²) >= 11 is 7.10. The van der Waals surface area contributed by atoms with Gasteiger partial charge in [-0.1, -0.05) is 41.1 Å². The number of thiazole rings is 1. The van der Waals surface area contributed by atoms with E-state index in [9.17, 15) is 18.0 Å². The van der Waals surface area contributed by atoms with Gasteiger partial charge in [0.15, 0.2) is 5.13 Å². The molecule has 10 heteroatoms. The van der Waals surface area contributed by atoms with Crippen LogP contribution in [0.15, 0.2) is 42.5 Å². The van der Waals surface area contributed by atoms with Gasteiger partial charge in [-0.15, -0.1) is 0 Å². The lowest BCUT2D eigenvalue weighted by atomic mass is 10.2. The molecule has 2 N–H and O–H groups in total. The van der Waals surface area contributed by atoms with Crippen LogP contribution >= 0.6 is 22.9 Å². The van der Waals surface area contributed by atoms with Gasteiger partial charge in [0.2, 0.25) is 0 Å². The monoisotopic (exact) mass is 409 g/mol. The summed E-state index contributed by atoms with van der Waals surface area (Å²) in [6, 6.07) is 10.7. The lowest BCUT2D eigenvalue weighted by Crippen LogP contribution is -2.34. The van der Waals surface area contributed by atoms with Crippen LogP contribution in [0, 0.1) is 0 Å². The molecular weight excluding hydrogens is 398 g/mol. The highest BCUT2D eigenvalue weighted by molar-refractivity contribution is 7.71. The molecule has 0 bridgehead atoms. The van der Waals surface area contributed by atoms with Crippen molar-refractivity contribution in [2.24, 2.45) is 0 Å². The first-order valence-corrected chi connectivity index (χ1v) is 9.86. The predicted molar refractivity (Wildman–Crippen MR) is 102 cm³/mol. The highest BCUT2D eigenvalue weighted by Gasteiger charge is 2.14. The normalized spacial score (nSPS) is 10.8. The summed E-state index contributed by atoms with van der Waals surface area (Å²) in [5.74, 6) is -0.686. The van der Waals surface area contributed by atoms with Crippen molar-refractivity contribution in [1.29, 1.82) is 0 Å². The average molecular weight is 410 g/mol. The minimum absolute atomic E-state index is 0.0568. The van der Waals surface area contributed by atoms with E-state index in [1.807, 2.05) is 0 Å². The van der Waals surface area contributed by atoms with E-state index < -0.39 is 22.6 Å². The van der Waals surface area contributed by atoms with Crippen LogP contribution in [0.25, 0.3) is 10.2 Å². The van der Waals surface area contributed by atoms with Crippen LogP contribution in [0.4, 0.5) is 9.93 Å². The lowest BCUT2D eigenvalue weighted by molar-refractivity contribution is 0.0967. The zero-order chi connectivity index (χ0) is 18.7. The van der Waals surface area contributed by atoms with E-state index in [0.29, 0.717) is 11.1 Å². The molecule has 0 aliphatic carbocycles. The third kappa shape index (κ3) is 4.37. The Bertz CT molecular complexity index is 1070. The first-order valence-electron chi connectivity index (χ1n) is 7.30. The third-order valence-corrected chi connectivity index (χ3v) is 5.22. The van der Waals surface area contributed by atoms with Crippen LogP contribution < -0.4 is 10.6 Å². The Kier molecular flexibility index (Phi) is 5.50. The first-order chi connectivity index (χ1) is 12.4. The van der Waals surface area contributed by atoms with Crippen molar-refractivity contribution in [2.45, 2.75) is 5.75 Å². The van der Waals surface area contributed by atoms with E-state index in [0.717, 1.165) is 4.70 Å². The number of hydrogen-bond acceptors (Lipinski definition) is 6. The summed E-state index contributed by atoms with van der Waals surface area (Å²) in [5.41, 5.74) is 1.44. The Morgan fingerprint density at radius 2 is 1.92 bits per heavy atom. The van der Waals surface area contributed by atoms with Crippen molar-refractivity contribution in [3.63, 3.8) is 0 Å². The van der Waals surface area contributed by atoms with E-state index in [2.05, 4.69) is 15.6 Å². The number of aromatic nitrogens is 1. The summed E-state index contributed by atoms with van der Waals surface area (Å²) in [5, 5.41) is 5.19. The number of urea groups is 1. The average Bonchev–Trinajstić information content (AvgIpc) is 2.95. The minimum Gasteiger partial charge on any atom is -0.283 e. The molecule has 134 valence electrons. The maximum absolute atomic E-state index is 12.1. The Labute approximate surface area is 159 Å². The Balaban J connectivity index is 1.71. The number of imide groups is 1. The number of thiol groups is 1. The fraction of sp³-hybridized carbons (Fsp3) is 0.0625. The Morgan fingerprint density at radius 3 is 2.65 bits per heavy atom. The zero-order valence-corrected chi connectivity index (χ0v) is 15.5. The number of hydrogen-bond donors (Lipinski definition) is 3. The van der Waals surface area contributed by atoms with Crippen molar-refractivity contribution in [3.05, 3.63) is 58.6 Å². The van der Waals surface area contributed by atoms with Gasteiger partial charge in [0, 0.05) is 0 Å². The van der Waals surface area contributed by atoms with Gasteiger partial charge >= 0.3 is 6.03 Å². The van der Waals surface area contributed by atoms with E-state index in [4.69, 9.17) is 11.6 Å². The van der Waals surface area contributed by atoms with Gasteiger partial charge in [-0.25, -0.2) is 18.2 Å². The quantitative estimate of drug-likeness (QED) is 0.574. The number of benzene rings is 2. The fourth-order valence-electron chi connectivity index (χ4n) is 2.21. The van der Waals surface area contributed by atoms with E-state index >= 15 is 0 Å². The number of carbonyl (C=O) groups excluding carboxylic acids is 2. The summed E-state index contributed by atoms with van der Waals surface area (Å²) in [6.45, 7) is 0. The van der Waals surface area contributed by atoms with Crippen LogP contribution in [0.5, 0.6) is 0 Å². The summed E-state index contributed by atoms with van der Waals surface area (Å²) in [4.78, 5) is 28.3. The maximum atomic E-state index is 12.1. The molecule has 0 aliphatic rings. The molecule has 0 saturated carbocycles. The molecule has 0 spiro atoms. The van der Waals surface area contributed by atoms with Gasteiger partial charge in [0.1, 0.15) is 10.7 Å². The molecule has 3 rings (SSSR count). The van der Waals surface area contributed by atoms with Gasteiger partial charge in [-0.05, 0) is 29.8 Å². The van der Waals surface area contributed by atoms with Crippen LogP contribution in [0.3, 0.4) is 0 Å². The van der Waals surface area contributed by atoms with Crippen LogP contribution in [0.2, 0.25) is 5.02 Å². The topological polar surface area (TPSA) is 105 Å². The molecule has 1 heterocycles. The molecule has 0 radical (unpaired) electrons. The molecule has 3 aromatic rings. The second-order valence-corrected chi connectivity index (χ2v) is 7.62. The van der Waals surface area contributed by atoms with Gasteiger partial charge in [-0.3, -0.25) is 15.4 Å². The molecule has 0 saturated heterocycles. The smallest absolute Gasteiger partial charge is 0.283 e. The van der Waals surface area contributed by atoms with Crippen LogP contribution in [-0.2, 0) is 16.5 Å². The predicted octanol–water partition coefficient (Wildman–Crippen LogP) is 3.02. The molecule has 0 fully saturated rings. The zero-order valence-electron chi connectivity index (χ0n) is 13.1. The van der Waals surface area contributed by atoms with Crippen molar-refractivity contribution >= 4 is 60.9 Å². The summed E-state index contributed by atoms with van der Waals surface area (Å²) in [6.07, 6.45) is 0. The molecule has 26 heavy (non-hydrogen) atoms.